The Kier molecular flexibility index (Phi) is 2.07. The molecule has 3 rings (SSSR count). The summed E-state index contributed by atoms with van der Waals surface area (Å²) in [4.78, 5) is 12.2. The lowest BCUT2D eigenvalue weighted by molar-refractivity contribution is 0.145. The van der Waals surface area contributed by atoms with Gasteiger partial charge < -0.3 is 9.52 Å². The maximum atomic E-state index is 10.9. The third kappa shape index (κ3) is 1.63. The number of hydrogen-bond acceptors (Lipinski definition) is 4. The number of rotatable bonds is 1. The fraction of sp³-hybridized carbons (Fsp3) is 0.182. The Morgan fingerprint density at radius 1 is 1.35 bits per heavy atom. The van der Waals surface area contributed by atoms with Crippen molar-refractivity contribution in [1.29, 1.82) is 0 Å². The average molecular weight is 231 g/mol. The zero-order chi connectivity index (χ0) is 11.8. The molecule has 1 aromatic heterocycles. The number of carboxylic acid groups (broad SMARTS) is 1. The van der Waals surface area contributed by atoms with Crippen molar-refractivity contribution >= 4 is 6.09 Å². The van der Waals surface area contributed by atoms with E-state index in [1.165, 1.54) is 11.3 Å². The molecule has 0 aliphatic carbocycles. The molecular weight excluding hydrogens is 222 g/mol. The second-order valence-electron chi connectivity index (χ2n) is 3.87. The molecule has 86 valence electrons. The van der Waals surface area contributed by atoms with Gasteiger partial charge in [-0.05, 0) is 23.3 Å². The Bertz CT molecular complexity index is 565. The minimum Gasteiger partial charge on any atom is -0.465 e. The predicted molar refractivity (Wildman–Crippen MR) is 57.0 cm³/mol. The highest BCUT2D eigenvalue weighted by Crippen LogP contribution is 2.27. The van der Waals surface area contributed by atoms with Gasteiger partial charge in [-0.3, -0.25) is 4.90 Å². The Morgan fingerprint density at radius 3 is 2.88 bits per heavy atom. The third-order valence-corrected chi connectivity index (χ3v) is 2.81. The molecule has 1 aromatic carbocycles. The molecule has 0 atom stereocenters. The van der Waals surface area contributed by atoms with Gasteiger partial charge in [0.1, 0.15) is 0 Å². The SMILES string of the molecule is O=C(O)N1Cc2ccc(-c3nnco3)cc2C1. The van der Waals surface area contributed by atoms with Crippen LogP contribution in [0.5, 0.6) is 0 Å². The van der Waals surface area contributed by atoms with E-state index in [0.29, 0.717) is 19.0 Å². The molecular formula is C11H9N3O3. The van der Waals surface area contributed by atoms with E-state index in [1.54, 1.807) is 0 Å². The van der Waals surface area contributed by atoms with Gasteiger partial charge in [0.15, 0.2) is 0 Å². The zero-order valence-electron chi connectivity index (χ0n) is 8.83. The highest BCUT2D eigenvalue weighted by Gasteiger charge is 2.23. The Morgan fingerprint density at radius 2 is 2.18 bits per heavy atom. The largest absolute Gasteiger partial charge is 0.465 e. The number of fused-ring (bicyclic) bond motifs is 1. The number of nitrogens with zero attached hydrogens (tertiary/aromatic N) is 3. The maximum Gasteiger partial charge on any atom is 0.407 e. The van der Waals surface area contributed by atoms with Crippen LogP contribution < -0.4 is 0 Å². The Labute approximate surface area is 96.5 Å². The summed E-state index contributed by atoms with van der Waals surface area (Å²) < 4.78 is 5.10. The predicted octanol–water partition coefficient (Wildman–Crippen LogP) is 1.73. The molecule has 2 aromatic rings. The molecule has 1 aliphatic rings. The van der Waals surface area contributed by atoms with E-state index in [-0.39, 0.29) is 0 Å². The summed E-state index contributed by atoms with van der Waals surface area (Å²) in [6.45, 7) is 0.849. The second-order valence-corrected chi connectivity index (χ2v) is 3.87. The molecule has 6 heteroatoms. The molecule has 0 fully saturated rings. The second kappa shape index (κ2) is 3.58. The van der Waals surface area contributed by atoms with Crippen LogP contribution in [0.25, 0.3) is 11.5 Å². The highest BCUT2D eigenvalue weighted by atomic mass is 16.4. The van der Waals surface area contributed by atoms with E-state index < -0.39 is 6.09 Å². The minimum atomic E-state index is -0.902. The van der Waals surface area contributed by atoms with Gasteiger partial charge in [0, 0.05) is 18.7 Å². The van der Waals surface area contributed by atoms with E-state index in [9.17, 15) is 4.79 Å². The van der Waals surface area contributed by atoms with Crippen molar-refractivity contribution in [2.45, 2.75) is 13.1 Å². The lowest BCUT2D eigenvalue weighted by Gasteiger charge is -2.08. The summed E-state index contributed by atoms with van der Waals surface area (Å²) in [5, 5.41) is 16.4. The van der Waals surface area contributed by atoms with Gasteiger partial charge >= 0.3 is 6.09 Å². The van der Waals surface area contributed by atoms with E-state index in [0.717, 1.165) is 16.7 Å². The molecule has 0 spiro atoms. The van der Waals surface area contributed by atoms with Crippen molar-refractivity contribution in [3.05, 3.63) is 35.7 Å². The summed E-state index contributed by atoms with van der Waals surface area (Å²) in [5.74, 6) is 0.446. The average Bonchev–Trinajstić information content (AvgIpc) is 2.97. The van der Waals surface area contributed by atoms with Gasteiger partial charge in [-0.15, -0.1) is 10.2 Å². The van der Waals surface area contributed by atoms with Crippen molar-refractivity contribution in [1.82, 2.24) is 15.1 Å². The van der Waals surface area contributed by atoms with Crippen LogP contribution in [-0.4, -0.2) is 26.3 Å². The van der Waals surface area contributed by atoms with Gasteiger partial charge in [-0.25, -0.2) is 4.79 Å². The number of carbonyl (C=O) groups is 1. The van der Waals surface area contributed by atoms with E-state index in [2.05, 4.69) is 10.2 Å². The summed E-state index contributed by atoms with van der Waals surface area (Å²) in [6.07, 6.45) is 0.368. The summed E-state index contributed by atoms with van der Waals surface area (Å²) in [6, 6.07) is 5.65. The molecule has 2 heterocycles. The first-order valence-corrected chi connectivity index (χ1v) is 5.10. The normalized spacial score (nSPS) is 13.8. The van der Waals surface area contributed by atoms with Crippen molar-refractivity contribution in [2.24, 2.45) is 0 Å². The number of hydrogen-bond donors (Lipinski definition) is 1. The fourth-order valence-electron chi connectivity index (χ4n) is 1.96. The third-order valence-electron chi connectivity index (χ3n) is 2.81. The van der Waals surface area contributed by atoms with Crippen LogP contribution in [0.4, 0.5) is 4.79 Å². The van der Waals surface area contributed by atoms with E-state index >= 15 is 0 Å². The molecule has 17 heavy (non-hydrogen) atoms. The molecule has 1 aliphatic heterocycles. The van der Waals surface area contributed by atoms with Crippen molar-refractivity contribution in [3.8, 4) is 11.5 Å². The first-order valence-electron chi connectivity index (χ1n) is 5.10. The van der Waals surface area contributed by atoms with Gasteiger partial charge in [0.2, 0.25) is 12.3 Å². The van der Waals surface area contributed by atoms with Gasteiger partial charge in [0.25, 0.3) is 0 Å². The first-order chi connectivity index (χ1) is 8.24. The fourth-order valence-corrected chi connectivity index (χ4v) is 1.96. The molecule has 0 bridgehead atoms. The topological polar surface area (TPSA) is 79.5 Å². The van der Waals surface area contributed by atoms with Crippen LogP contribution in [-0.2, 0) is 13.1 Å². The van der Waals surface area contributed by atoms with Crippen LogP contribution in [0.2, 0.25) is 0 Å². The summed E-state index contributed by atoms with van der Waals surface area (Å²) in [7, 11) is 0. The molecule has 0 unspecified atom stereocenters. The van der Waals surface area contributed by atoms with Crippen LogP contribution in [0.1, 0.15) is 11.1 Å². The van der Waals surface area contributed by atoms with Gasteiger partial charge in [0.05, 0.1) is 0 Å². The standard InChI is InChI=1S/C11H9N3O3/c15-11(16)14-4-8-2-1-7(3-9(8)5-14)10-13-12-6-17-10/h1-3,6H,4-5H2,(H,15,16). The molecule has 1 N–H and O–H groups in total. The minimum absolute atomic E-state index is 0.409. The smallest absolute Gasteiger partial charge is 0.407 e. The maximum absolute atomic E-state index is 10.9. The summed E-state index contributed by atoms with van der Waals surface area (Å²) in [5.41, 5.74) is 2.83. The quantitative estimate of drug-likeness (QED) is 0.808. The lowest BCUT2D eigenvalue weighted by atomic mass is 10.1. The Balaban J connectivity index is 1.95. The molecule has 6 nitrogen and oxygen atoms in total. The number of amides is 1. The molecule has 1 amide bonds. The van der Waals surface area contributed by atoms with Crippen molar-refractivity contribution in [3.63, 3.8) is 0 Å². The lowest BCUT2D eigenvalue weighted by Crippen LogP contribution is -2.22. The Hall–Kier alpha value is -2.37. The van der Waals surface area contributed by atoms with Crippen LogP contribution in [0.15, 0.2) is 29.0 Å². The van der Waals surface area contributed by atoms with Crippen LogP contribution >= 0.6 is 0 Å². The first kappa shape index (κ1) is 9.83. The molecule has 0 saturated carbocycles. The number of benzene rings is 1. The van der Waals surface area contributed by atoms with E-state index in [4.69, 9.17) is 9.52 Å². The van der Waals surface area contributed by atoms with Gasteiger partial charge in [-0.2, -0.15) is 0 Å². The van der Waals surface area contributed by atoms with Crippen molar-refractivity contribution < 1.29 is 14.3 Å². The zero-order valence-corrected chi connectivity index (χ0v) is 8.83. The highest BCUT2D eigenvalue weighted by molar-refractivity contribution is 5.67. The van der Waals surface area contributed by atoms with Crippen LogP contribution in [0.3, 0.4) is 0 Å². The van der Waals surface area contributed by atoms with Gasteiger partial charge in [-0.1, -0.05) is 6.07 Å². The number of aromatic nitrogens is 2. The van der Waals surface area contributed by atoms with E-state index in [1.807, 2.05) is 18.2 Å². The van der Waals surface area contributed by atoms with Crippen LogP contribution in [0, 0.1) is 0 Å². The summed E-state index contributed by atoms with van der Waals surface area (Å²) >= 11 is 0. The monoisotopic (exact) mass is 231 g/mol. The molecule has 0 radical (unpaired) electrons. The molecule has 0 saturated heterocycles. The van der Waals surface area contributed by atoms with Crippen molar-refractivity contribution in [2.75, 3.05) is 0 Å².